The quantitative estimate of drug-likeness (QED) is 0.723. The molecule has 0 unspecified atom stereocenters. The molecule has 0 aliphatic carbocycles. The van der Waals surface area contributed by atoms with E-state index in [0.29, 0.717) is 36.7 Å². The average molecular weight is 381 g/mol. The molecule has 7 heteroatoms. The van der Waals surface area contributed by atoms with Gasteiger partial charge in [-0.05, 0) is 62.6 Å². The summed E-state index contributed by atoms with van der Waals surface area (Å²) in [7, 11) is -3.90. The third kappa shape index (κ3) is 5.19. The molecule has 0 heterocycles. The molecule has 0 saturated carbocycles. The van der Waals surface area contributed by atoms with Crippen LogP contribution >= 0.6 is 0 Å². The van der Waals surface area contributed by atoms with E-state index < -0.39 is 15.8 Å². The van der Waals surface area contributed by atoms with Gasteiger partial charge in [-0.15, -0.1) is 0 Å². The van der Waals surface area contributed by atoms with Crippen molar-refractivity contribution in [2.24, 2.45) is 0 Å². The SMILES string of the molecule is CCOc1ccc(CCNS(=O)(=O)c2cc(C)ccc2F)cc1OCC. The van der Waals surface area contributed by atoms with Gasteiger partial charge in [-0.25, -0.2) is 17.5 Å². The van der Waals surface area contributed by atoms with Gasteiger partial charge in [0.05, 0.1) is 13.2 Å². The zero-order valence-corrected chi connectivity index (χ0v) is 16.0. The van der Waals surface area contributed by atoms with Gasteiger partial charge in [0.25, 0.3) is 0 Å². The van der Waals surface area contributed by atoms with E-state index in [1.165, 1.54) is 12.1 Å². The summed E-state index contributed by atoms with van der Waals surface area (Å²) >= 11 is 0. The number of nitrogens with one attached hydrogen (secondary N) is 1. The van der Waals surface area contributed by atoms with Gasteiger partial charge in [-0.2, -0.15) is 0 Å². The van der Waals surface area contributed by atoms with Gasteiger partial charge in [0.2, 0.25) is 10.0 Å². The van der Waals surface area contributed by atoms with Crippen molar-refractivity contribution in [1.29, 1.82) is 0 Å². The lowest BCUT2D eigenvalue weighted by atomic mass is 10.1. The van der Waals surface area contributed by atoms with E-state index in [9.17, 15) is 12.8 Å². The smallest absolute Gasteiger partial charge is 0.243 e. The molecule has 0 atom stereocenters. The first-order valence-corrected chi connectivity index (χ1v) is 10.00. The van der Waals surface area contributed by atoms with Crippen LogP contribution < -0.4 is 14.2 Å². The molecular weight excluding hydrogens is 357 g/mol. The van der Waals surface area contributed by atoms with Crippen LogP contribution in [0.5, 0.6) is 11.5 Å². The lowest BCUT2D eigenvalue weighted by Crippen LogP contribution is -2.27. The van der Waals surface area contributed by atoms with Crippen LogP contribution in [0.25, 0.3) is 0 Å². The lowest BCUT2D eigenvalue weighted by Gasteiger charge is -2.13. The number of halogens is 1. The van der Waals surface area contributed by atoms with Crippen LogP contribution in [0.1, 0.15) is 25.0 Å². The Morgan fingerprint density at radius 1 is 1.00 bits per heavy atom. The molecule has 26 heavy (non-hydrogen) atoms. The first kappa shape index (κ1) is 20.2. The standard InChI is InChI=1S/C19H24FNO4S/c1-4-24-17-9-7-15(13-18(17)25-5-2)10-11-21-26(22,23)19-12-14(3)6-8-16(19)20/h6-9,12-13,21H,4-5,10-11H2,1-3H3. The fourth-order valence-corrected chi connectivity index (χ4v) is 3.67. The maximum atomic E-state index is 13.8. The first-order valence-electron chi connectivity index (χ1n) is 8.51. The van der Waals surface area contributed by atoms with Crippen molar-refractivity contribution in [2.75, 3.05) is 19.8 Å². The summed E-state index contributed by atoms with van der Waals surface area (Å²) in [4.78, 5) is -0.334. The van der Waals surface area contributed by atoms with Crippen molar-refractivity contribution in [1.82, 2.24) is 4.72 Å². The topological polar surface area (TPSA) is 64.6 Å². The monoisotopic (exact) mass is 381 g/mol. The Bertz CT molecular complexity index is 853. The van der Waals surface area contributed by atoms with Gasteiger partial charge in [0.1, 0.15) is 10.7 Å². The maximum Gasteiger partial charge on any atom is 0.243 e. The molecule has 5 nitrogen and oxygen atoms in total. The van der Waals surface area contributed by atoms with Gasteiger partial charge in [0, 0.05) is 6.54 Å². The fourth-order valence-electron chi connectivity index (χ4n) is 2.48. The molecule has 0 radical (unpaired) electrons. The second kappa shape index (κ2) is 9.00. The number of hydrogen-bond donors (Lipinski definition) is 1. The van der Waals surface area contributed by atoms with E-state index in [1.807, 2.05) is 26.0 Å². The Balaban J connectivity index is 2.07. The van der Waals surface area contributed by atoms with E-state index in [-0.39, 0.29) is 11.4 Å². The van der Waals surface area contributed by atoms with Gasteiger partial charge < -0.3 is 9.47 Å². The molecular formula is C19H24FNO4S. The van der Waals surface area contributed by atoms with Crippen LogP contribution in [0, 0.1) is 12.7 Å². The molecule has 2 aromatic carbocycles. The van der Waals surface area contributed by atoms with Crippen molar-refractivity contribution < 1.29 is 22.3 Å². The summed E-state index contributed by atoms with van der Waals surface area (Å²) < 4.78 is 52.0. The summed E-state index contributed by atoms with van der Waals surface area (Å²) in [5.41, 5.74) is 1.57. The predicted molar refractivity (Wildman–Crippen MR) is 98.8 cm³/mol. The van der Waals surface area contributed by atoms with E-state index in [0.717, 1.165) is 11.6 Å². The number of hydrogen-bond acceptors (Lipinski definition) is 4. The lowest BCUT2D eigenvalue weighted by molar-refractivity contribution is 0.287. The summed E-state index contributed by atoms with van der Waals surface area (Å²) in [6.45, 7) is 6.67. The highest BCUT2D eigenvalue weighted by atomic mass is 32.2. The molecule has 142 valence electrons. The van der Waals surface area contributed by atoms with Crippen molar-refractivity contribution >= 4 is 10.0 Å². The minimum atomic E-state index is -3.90. The van der Waals surface area contributed by atoms with Gasteiger partial charge in [0.15, 0.2) is 11.5 Å². The largest absolute Gasteiger partial charge is 0.490 e. The van der Waals surface area contributed by atoms with Crippen LogP contribution in [0.2, 0.25) is 0 Å². The van der Waals surface area contributed by atoms with E-state index in [4.69, 9.17) is 9.47 Å². The number of ether oxygens (including phenoxy) is 2. The van der Waals surface area contributed by atoms with Crippen LogP contribution in [-0.4, -0.2) is 28.2 Å². The molecule has 2 rings (SSSR count). The van der Waals surface area contributed by atoms with Crippen molar-refractivity contribution in [2.45, 2.75) is 32.1 Å². The highest BCUT2D eigenvalue weighted by molar-refractivity contribution is 7.89. The normalized spacial score (nSPS) is 11.4. The van der Waals surface area contributed by atoms with Crippen LogP contribution in [-0.2, 0) is 16.4 Å². The number of sulfonamides is 1. The van der Waals surface area contributed by atoms with Gasteiger partial charge in [-0.3, -0.25) is 0 Å². The Morgan fingerprint density at radius 2 is 1.69 bits per heavy atom. The molecule has 0 aromatic heterocycles. The Morgan fingerprint density at radius 3 is 2.38 bits per heavy atom. The first-order chi connectivity index (χ1) is 12.4. The predicted octanol–water partition coefficient (Wildman–Crippen LogP) is 3.45. The van der Waals surface area contributed by atoms with Gasteiger partial charge in [-0.1, -0.05) is 12.1 Å². The molecule has 0 bridgehead atoms. The maximum absolute atomic E-state index is 13.8. The van der Waals surface area contributed by atoms with Crippen molar-refractivity contribution in [3.05, 3.63) is 53.3 Å². The Kier molecular flexibility index (Phi) is 6.99. The van der Waals surface area contributed by atoms with E-state index in [2.05, 4.69) is 4.72 Å². The molecule has 0 fully saturated rings. The summed E-state index contributed by atoms with van der Waals surface area (Å²) in [6, 6.07) is 9.50. The molecule has 0 spiro atoms. The van der Waals surface area contributed by atoms with Crippen LogP contribution in [0.3, 0.4) is 0 Å². The summed E-state index contributed by atoms with van der Waals surface area (Å²) in [6.07, 6.45) is 0.444. The van der Waals surface area contributed by atoms with E-state index in [1.54, 1.807) is 13.0 Å². The van der Waals surface area contributed by atoms with Crippen molar-refractivity contribution in [3.63, 3.8) is 0 Å². The minimum absolute atomic E-state index is 0.148. The Hall–Kier alpha value is -2.12. The summed E-state index contributed by atoms with van der Waals surface area (Å²) in [5, 5.41) is 0. The molecule has 0 aliphatic heterocycles. The second-order valence-electron chi connectivity index (χ2n) is 5.73. The van der Waals surface area contributed by atoms with Gasteiger partial charge >= 0.3 is 0 Å². The zero-order valence-electron chi connectivity index (χ0n) is 15.2. The molecule has 0 amide bonds. The minimum Gasteiger partial charge on any atom is -0.490 e. The Labute approximate surface area is 154 Å². The van der Waals surface area contributed by atoms with E-state index >= 15 is 0 Å². The fraction of sp³-hybridized carbons (Fsp3) is 0.368. The highest BCUT2D eigenvalue weighted by Gasteiger charge is 2.18. The van der Waals surface area contributed by atoms with Crippen molar-refractivity contribution in [3.8, 4) is 11.5 Å². The summed E-state index contributed by atoms with van der Waals surface area (Å²) in [5.74, 6) is 0.516. The molecule has 0 saturated heterocycles. The number of aryl methyl sites for hydroxylation is 1. The third-order valence-corrected chi connectivity index (χ3v) is 5.17. The second-order valence-corrected chi connectivity index (χ2v) is 7.46. The van der Waals surface area contributed by atoms with Crippen LogP contribution in [0.4, 0.5) is 4.39 Å². The molecule has 0 aliphatic rings. The average Bonchev–Trinajstić information content (AvgIpc) is 2.59. The molecule has 1 N–H and O–H groups in total. The number of benzene rings is 2. The number of rotatable bonds is 9. The third-order valence-electron chi connectivity index (χ3n) is 3.69. The highest BCUT2D eigenvalue weighted by Crippen LogP contribution is 2.28. The zero-order chi connectivity index (χ0) is 19.2. The van der Waals surface area contributed by atoms with Crippen LogP contribution in [0.15, 0.2) is 41.3 Å². The molecule has 2 aromatic rings.